The Hall–Kier alpha value is -0.840. The van der Waals surface area contributed by atoms with Gasteiger partial charge in [-0.15, -0.1) is 0 Å². The fourth-order valence-corrected chi connectivity index (χ4v) is 1.81. The van der Waals surface area contributed by atoms with E-state index in [0.29, 0.717) is 12.0 Å². The van der Waals surface area contributed by atoms with E-state index in [2.05, 4.69) is 15.9 Å². The number of carbonyl (C=O) groups excluding carboxylic acids is 1. The smallest absolute Gasteiger partial charge is 0.303 e. The minimum absolute atomic E-state index is 0.0162. The Morgan fingerprint density at radius 3 is 2.56 bits per heavy atom. The monoisotopic (exact) mass is 294 g/mol. The van der Waals surface area contributed by atoms with Crippen molar-refractivity contribution < 1.29 is 18.0 Å². The maximum Gasteiger partial charge on any atom is 0.417 e. The molecule has 16 heavy (non-hydrogen) atoms. The van der Waals surface area contributed by atoms with E-state index in [1.54, 1.807) is 13.0 Å². The van der Waals surface area contributed by atoms with Crippen LogP contribution in [0.25, 0.3) is 0 Å². The third-order valence-electron chi connectivity index (χ3n) is 2.13. The fourth-order valence-electron chi connectivity index (χ4n) is 1.34. The van der Waals surface area contributed by atoms with Gasteiger partial charge in [-0.1, -0.05) is 28.9 Å². The van der Waals surface area contributed by atoms with E-state index in [9.17, 15) is 18.0 Å². The first kappa shape index (κ1) is 13.2. The van der Waals surface area contributed by atoms with Gasteiger partial charge in [0.1, 0.15) is 6.29 Å². The Kier molecular flexibility index (Phi) is 4.13. The van der Waals surface area contributed by atoms with Gasteiger partial charge < -0.3 is 4.79 Å². The standard InChI is InChI=1S/C11H10BrF3O/c1-7(6-16)4-8-2-3-10(12)9(5-8)11(13,14)15/h2-3,5-7H,4H2,1H3. The summed E-state index contributed by atoms with van der Waals surface area (Å²) < 4.78 is 37.7. The van der Waals surface area contributed by atoms with Gasteiger partial charge in [-0.25, -0.2) is 0 Å². The van der Waals surface area contributed by atoms with Crippen LogP contribution in [0, 0.1) is 5.92 Å². The van der Waals surface area contributed by atoms with Gasteiger partial charge in [-0.3, -0.25) is 0 Å². The van der Waals surface area contributed by atoms with Crippen molar-refractivity contribution in [3.63, 3.8) is 0 Å². The van der Waals surface area contributed by atoms with Crippen LogP contribution < -0.4 is 0 Å². The van der Waals surface area contributed by atoms with Crippen molar-refractivity contribution in [2.24, 2.45) is 5.92 Å². The molecule has 1 rings (SSSR count). The number of rotatable bonds is 3. The second kappa shape index (κ2) is 4.99. The van der Waals surface area contributed by atoms with Crippen molar-refractivity contribution in [3.8, 4) is 0 Å². The van der Waals surface area contributed by atoms with Gasteiger partial charge in [0.2, 0.25) is 0 Å². The van der Waals surface area contributed by atoms with E-state index >= 15 is 0 Å². The molecular weight excluding hydrogens is 285 g/mol. The average Bonchev–Trinajstić information content (AvgIpc) is 2.19. The van der Waals surface area contributed by atoms with Gasteiger partial charge in [-0.05, 0) is 24.1 Å². The van der Waals surface area contributed by atoms with E-state index in [-0.39, 0.29) is 10.4 Å². The zero-order valence-electron chi connectivity index (χ0n) is 8.51. The number of hydrogen-bond acceptors (Lipinski definition) is 1. The van der Waals surface area contributed by atoms with Crippen LogP contribution in [0.4, 0.5) is 13.2 Å². The molecule has 1 nitrogen and oxygen atoms in total. The SMILES string of the molecule is CC(C=O)Cc1ccc(Br)c(C(F)(F)F)c1. The summed E-state index contributed by atoms with van der Waals surface area (Å²) in [6.45, 7) is 1.67. The number of aldehydes is 1. The van der Waals surface area contributed by atoms with Crippen molar-refractivity contribution in [3.05, 3.63) is 33.8 Å². The van der Waals surface area contributed by atoms with E-state index in [1.165, 1.54) is 6.07 Å². The predicted molar refractivity (Wildman–Crippen MR) is 58.1 cm³/mol. The molecule has 0 amide bonds. The lowest BCUT2D eigenvalue weighted by molar-refractivity contribution is -0.138. The maximum absolute atomic E-state index is 12.5. The number of carbonyl (C=O) groups is 1. The summed E-state index contributed by atoms with van der Waals surface area (Å²) in [5.74, 6) is -0.276. The topological polar surface area (TPSA) is 17.1 Å². The molecule has 5 heteroatoms. The van der Waals surface area contributed by atoms with Gasteiger partial charge in [0.05, 0.1) is 5.56 Å². The van der Waals surface area contributed by atoms with Crippen molar-refractivity contribution in [2.75, 3.05) is 0 Å². The molecular formula is C11H10BrF3O. The van der Waals surface area contributed by atoms with Crippen LogP contribution >= 0.6 is 15.9 Å². The van der Waals surface area contributed by atoms with Crippen molar-refractivity contribution in [1.82, 2.24) is 0 Å². The van der Waals surface area contributed by atoms with E-state index in [1.807, 2.05) is 0 Å². The molecule has 0 heterocycles. The highest BCUT2D eigenvalue weighted by molar-refractivity contribution is 9.10. The van der Waals surface area contributed by atoms with Gasteiger partial charge in [-0.2, -0.15) is 13.2 Å². The third kappa shape index (κ3) is 3.33. The molecule has 1 aromatic carbocycles. The van der Waals surface area contributed by atoms with Gasteiger partial charge >= 0.3 is 6.18 Å². The Bertz CT molecular complexity index is 387. The molecule has 0 radical (unpaired) electrons. The zero-order chi connectivity index (χ0) is 12.3. The second-order valence-electron chi connectivity index (χ2n) is 3.63. The maximum atomic E-state index is 12.5. The molecule has 0 N–H and O–H groups in total. The summed E-state index contributed by atoms with van der Waals surface area (Å²) in [6.07, 6.45) is -3.32. The van der Waals surface area contributed by atoms with Crippen molar-refractivity contribution >= 4 is 22.2 Å². The molecule has 0 aliphatic rings. The molecule has 0 bridgehead atoms. The predicted octanol–water partition coefficient (Wildman–Crippen LogP) is 3.85. The fraction of sp³-hybridized carbons (Fsp3) is 0.364. The van der Waals surface area contributed by atoms with Gasteiger partial charge in [0, 0.05) is 10.4 Å². The molecule has 1 aromatic rings. The number of alkyl halides is 3. The molecule has 0 saturated heterocycles. The lowest BCUT2D eigenvalue weighted by atomic mass is 10.0. The zero-order valence-corrected chi connectivity index (χ0v) is 10.1. The normalized spacial score (nSPS) is 13.6. The summed E-state index contributed by atoms with van der Waals surface area (Å²) in [4.78, 5) is 10.4. The summed E-state index contributed by atoms with van der Waals surface area (Å²) in [5.41, 5.74) is -0.196. The lowest BCUT2D eigenvalue weighted by Gasteiger charge is -2.11. The highest BCUT2D eigenvalue weighted by atomic mass is 79.9. The molecule has 0 spiro atoms. The van der Waals surface area contributed by atoms with E-state index in [0.717, 1.165) is 12.4 Å². The molecule has 0 saturated carbocycles. The lowest BCUT2D eigenvalue weighted by Crippen LogP contribution is -2.08. The van der Waals surface area contributed by atoms with Crippen LogP contribution in [0.3, 0.4) is 0 Å². The van der Waals surface area contributed by atoms with Gasteiger partial charge in [0.25, 0.3) is 0 Å². The largest absolute Gasteiger partial charge is 0.417 e. The highest BCUT2D eigenvalue weighted by Gasteiger charge is 2.33. The molecule has 1 unspecified atom stereocenters. The Morgan fingerprint density at radius 2 is 2.06 bits per heavy atom. The van der Waals surface area contributed by atoms with E-state index < -0.39 is 11.7 Å². The first-order valence-electron chi connectivity index (χ1n) is 4.65. The molecule has 0 fully saturated rings. The summed E-state index contributed by atoms with van der Waals surface area (Å²) in [7, 11) is 0. The molecule has 0 aromatic heterocycles. The van der Waals surface area contributed by atoms with Crippen LogP contribution in [-0.2, 0) is 17.4 Å². The minimum atomic E-state index is -4.38. The second-order valence-corrected chi connectivity index (χ2v) is 4.48. The Morgan fingerprint density at radius 1 is 1.44 bits per heavy atom. The average molecular weight is 295 g/mol. The highest BCUT2D eigenvalue weighted by Crippen LogP contribution is 2.35. The quantitative estimate of drug-likeness (QED) is 0.774. The van der Waals surface area contributed by atoms with Crippen LogP contribution in [0.15, 0.2) is 22.7 Å². The Balaban J connectivity index is 3.03. The van der Waals surface area contributed by atoms with Crippen LogP contribution in [0.1, 0.15) is 18.1 Å². The van der Waals surface area contributed by atoms with E-state index in [4.69, 9.17) is 0 Å². The molecule has 0 aliphatic carbocycles. The first-order chi connectivity index (χ1) is 7.34. The summed E-state index contributed by atoms with van der Waals surface area (Å²) in [6, 6.07) is 4.01. The number of hydrogen-bond donors (Lipinski definition) is 0. The summed E-state index contributed by atoms with van der Waals surface area (Å²) in [5, 5.41) is 0. The molecule has 1 atom stereocenters. The third-order valence-corrected chi connectivity index (χ3v) is 2.82. The van der Waals surface area contributed by atoms with Crippen molar-refractivity contribution in [1.29, 1.82) is 0 Å². The Labute approximate surface area is 99.8 Å². The van der Waals surface area contributed by atoms with Gasteiger partial charge in [0.15, 0.2) is 0 Å². The van der Waals surface area contributed by atoms with Crippen LogP contribution in [0.2, 0.25) is 0 Å². The number of halogens is 4. The minimum Gasteiger partial charge on any atom is -0.303 e. The first-order valence-corrected chi connectivity index (χ1v) is 5.45. The molecule has 88 valence electrons. The molecule has 0 aliphatic heterocycles. The van der Waals surface area contributed by atoms with Crippen LogP contribution in [-0.4, -0.2) is 6.29 Å². The van der Waals surface area contributed by atoms with Crippen LogP contribution in [0.5, 0.6) is 0 Å². The van der Waals surface area contributed by atoms with Crippen molar-refractivity contribution in [2.45, 2.75) is 19.5 Å². The number of benzene rings is 1. The summed E-state index contributed by atoms with van der Waals surface area (Å²) >= 11 is 2.86.